The number of anilines is 1. The number of ketones is 1. The van der Waals surface area contributed by atoms with Crippen LogP contribution in [0.2, 0.25) is 5.02 Å². The Morgan fingerprint density at radius 3 is 2.26 bits per heavy atom. The topological polar surface area (TPSA) is 80.8 Å². The number of fused-ring (bicyclic) bond motifs is 1. The fourth-order valence-electron chi connectivity index (χ4n) is 3.34. The van der Waals surface area contributed by atoms with Gasteiger partial charge in [-0.05, 0) is 43.3 Å². The molecule has 1 aliphatic rings. The Balaban J connectivity index is 1.56. The summed E-state index contributed by atoms with van der Waals surface area (Å²) in [6.45, 7) is 1.48. The Morgan fingerprint density at radius 2 is 1.55 bits per heavy atom. The SMILES string of the molecule is CC(OC(=O)c1ccc2c(c1)C(=O)N(c1cccc(Cl)c1)C2=O)C(=O)c1ccccc1. The molecule has 0 N–H and O–H groups in total. The number of halogens is 1. The average Bonchev–Trinajstić information content (AvgIpc) is 3.03. The van der Waals surface area contributed by atoms with Crippen molar-refractivity contribution in [1.29, 1.82) is 0 Å². The molecule has 3 aromatic rings. The summed E-state index contributed by atoms with van der Waals surface area (Å²) in [5.74, 6) is -2.17. The zero-order chi connectivity index (χ0) is 22.1. The predicted molar refractivity (Wildman–Crippen MR) is 115 cm³/mol. The van der Waals surface area contributed by atoms with E-state index in [1.807, 2.05) is 0 Å². The van der Waals surface area contributed by atoms with E-state index in [1.165, 1.54) is 31.2 Å². The number of imide groups is 1. The van der Waals surface area contributed by atoms with Gasteiger partial charge < -0.3 is 4.74 Å². The van der Waals surface area contributed by atoms with Gasteiger partial charge >= 0.3 is 5.97 Å². The van der Waals surface area contributed by atoms with E-state index in [1.54, 1.807) is 48.5 Å². The summed E-state index contributed by atoms with van der Waals surface area (Å²) < 4.78 is 5.29. The highest BCUT2D eigenvalue weighted by Gasteiger charge is 2.37. The molecule has 0 aromatic heterocycles. The predicted octanol–water partition coefficient (Wildman–Crippen LogP) is 4.57. The van der Waals surface area contributed by atoms with Crippen LogP contribution in [0.3, 0.4) is 0 Å². The zero-order valence-corrected chi connectivity index (χ0v) is 17.1. The summed E-state index contributed by atoms with van der Waals surface area (Å²) in [6, 6.07) is 19.0. The summed E-state index contributed by atoms with van der Waals surface area (Å²) in [5, 5.41) is 0.385. The van der Waals surface area contributed by atoms with E-state index < -0.39 is 23.9 Å². The van der Waals surface area contributed by atoms with Gasteiger partial charge in [0.25, 0.3) is 11.8 Å². The number of benzene rings is 3. The lowest BCUT2D eigenvalue weighted by Gasteiger charge is -2.13. The Kier molecular flexibility index (Phi) is 5.40. The molecule has 2 amide bonds. The number of hydrogen-bond donors (Lipinski definition) is 0. The number of carbonyl (C=O) groups excluding carboxylic acids is 4. The lowest BCUT2D eigenvalue weighted by molar-refractivity contribution is 0.0318. The number of ether oxygens (including phenoxy) is 1. The summed E-state index contributed by atoms with van der Waals surface area (Å²) in [5.41, 5.74) is 1.09. The van der Waals surface area contributed by atoms with Crippen molar-refractivity contribution in [3.05, 3.63) is 100 Å². The van der Waals surface area contributed by atoms with Crippen LogP contribution in [-0.4, -0.2) is 29.7 Å². The number of esters is 1. The molecule has 1 atom stereocenters. The Labute approximate surface area is 183 Å². The molecule has 0 aliphatic carbocycles. The van der Waals surface area contributed by atoms with Crippen molar-refractivity contribution in [3.8, 4) is 0 Å². The Bertz CT molecular complexity index is 1220. The molecule has 6 nitrogen and oxygen atoms in total. The third kappa shape index (κ3) is 3.85. The molecule has 3 aromatic carbocycles. The summed E-state index contributed by atoms with van der Waals surface area (Å²) in [6.07, 6.45) is -1.01. The molecule has 0 saturated heterocycles. The lowest BCUT2D eigenvalue weighted by atomic mass is 10.1. The summed E-state index contributed by atoms with van der Waals surface area (Å²) in [4.78, 5) is 51.6. The smallest absolute Gasteiger partial charge is 0.338 e. The van der Waals surface area contributed by atoms with Gasteiger partial charge in [0.2, 0.25) is 5.78 Å². The van der Waals surface area contributed by atoms with Crippen molar-refractivity contribution in [2.24, 2.45) is 0 Å². The van der Waals surface area contributed by atoms with Gasteiger partial charge in [-0.2, -0.15) is 0 Å². The number of nitrogens with zero attached hydrogens (tertiary/aromatic N) is 1. The van der Waals surface area contributed by atoms with Crippen LogP contribution < -0.4 is 4.90 Å². The molecular formula is C24H16ClNO5. The van der Waals surface area contributed by atoms with Crippen LogP contribution in [0, 0.1) is 0 Å². The highest BCUT2D eigenvalue weighted by molar-refractivity contribution is 6.35. The molecule has 1 heterocycles. The third-order valence-corrected chi connectivity index (χ3v) is 5.14. The van der Waals surface area contributed by atoms with E-state index in [0.29, 0.717) is 16.3 Å². The number of amides is 2. The third-order valence-electron chi connectivity index (χ3n) is 4.90. The molecule has 0 spiro atoms. The average molecular weight is 434 g/mol. The Morgan fingerprint density at radius 1 is 0.839 bits per heavy atom. The number of carbonyl (C=O) groups is 4. The minimum Gasteiger partial charge on any atom is -0.451 e. The second-order valence-corrected chi connectivity index (χ2v) is 7.40. The number of Topliss-reactive ketones (excluding diaryl/α,β-unsaturated/α-hetero) is 1. The van der Waals surface area contributed by atoms with Crippen LogP contribution in [0.1, 0.15) is 48.4 Å². The van der Waals surface area contributed by atoms with E-state index in [2.05, 4.69) is 0 Å². The molecule has 0 bridgehead atoms. The van der Waals surface area contributed by atoms with E-state index in [0.717, 1.165) is 4.90 Å². The van der Waals surface area contributed by atoms with E-state index in [9.17, 15) is 19.2 Å². The van der Waals surface area contributed by atoms with Crippen molar-refractivity contribution in [2.75, 3.05) is 4.90 Å². The zero-order valence-electron chi connectivity index (χ0n) is 16.4. The molecule has 0 radical (unpaired) electrons. The van der Waals surface area contributed by atoms with E-state index >= 15 is 0 Å². The number of hydrogen-bond acceptors (Lipinski definition) is 5. The molecule has 0 saturated carbocycles. The van der Waals surface area contributed by atoms with E-state index in [-0.39, 0.29) is 22.5 Å². The maximum atomic E-state index is 12.9. The fraction of sp³-hybridized carbons (Fsp3) is 0.0833. The van der Waals surface area contributed by atoms with Crippen LogP contribution in [0.25, 0.3) is 0 Å². The van der Waals surface area contributed by atoms with Crippen molar-refractivity contribution >= 4 is 40.9 Å². The molecule has 1 unspecified atom stereocenters. The van der Waals surface area contributed by atoms with Gasteiger partial charge in [-0.3, -0.25) is 14.4 Å². The highest BCUT2D eigenvalue weighted by Crippen LogP contribution is 2.30. The second kappa shape index (κ2) is 8.16. The molecule has 4 rings (SSSR count). The van der Waals surface area contributed by atoms with Crippen molar-refractivity contribution in [1.82, 2.24) is 0 Å². The molecular weight excluding hydrogens is 418 g/mol. The van der Waals surface area contributed by atoms with Crippen LogP contribution in [0.15, 0.2) is 72.8 Å². The van der Waals surface area contributed by atoms with Crippen LogP contribution in [0.5, 0.6) is 0 Å². The minimum atomic E-state index is -1.01. The van der Waals surface area contributed by atoms with Gasteiger partial charge in [0.05, 0.1) is 22.4 Å². The van der Waals surface area contributed by atoms with Crippen LogP contribution >= 0.6 is 11.6 Å². The first-order valence-corrected chi connectivity index (χ1v) is 9.83. The van der Waals surface area contributed by atoms with Gasteiger partial charge in [0.1, 0.15) is 0 Å². The molecule has 154 valence electrons. The fourth-order valence-corrected chi connectivity index (χ4v) is 3.52. The maximum Gasteiger partial charge on any atom is 0.338 e. The molecule has 1 aliphatic heterocycles. The minimum absolute atomic E-state index is 0.0700. The van der Waals surface area contributed by atoms with Gasteiger partial charge in [-0.1, -0.05) is 48.0 Å². The Hall–Kier alpha value is -3.77. The highest BCUT2D eigenvalue weighted by atomic mass is 35.5. The first kappa shape index (κ1) is 20.5. The summed E-state index contributed by atoms with van der Waals surface area (Å²) in [7, 11) is 0. The quantitative estimate of drug-likeness (QED) is 0.334. The standard InChI is InChI=1S/C24H16ClNO5/c1-14(21(27)15-6-3-2-4-7-15)31-24(30)16-10-11-19-20(12-16)23(29)26(22(19)28)18-9-5-8-17(25)13-18/h2-14H,1H3. The maximum absolute atomic E-state index is 12.9. The van der Waals surface area contributed by atoms with Crippen LogP contribution in [0.4, 0.5) is 5.69 Å². The van der Waals surface area contributed by atoms with Crippen molar-refractivity contribution < 1.29 is 23.9 Å². The molecule has 31 heavy (non-hydrogen) atoms. The molecule has 0 fully saturated rings. The largest absolute Gasteiger partial charge is 0.451 e. The molecule has 7 heteroatoms. The van der Waals surface area contributed by atoms with Crippen LogP contribution in [-0.2, 0) is 4.74 Å². The van der Waals surface area contributed by atoms with Gasteiger partial charge in [-0.15, -0.1) is 0 Å². The summed E-state index contributed by atoms with van der Waals surface area (Å²) >= 11 is 5.98. The lowest BCUT2D eigenvalue weighted by Crippen LogP contribution is -2.29. The number of rotatable bonds is 5. The van der Waals surface area contributed by atoms with Crippen molar-refractivity contribution in [2.45, 2.75) is 13.0 Å². The second-order valence-electron chi connectivity index (χ2n) is 6.96. The van der Waals surface area contributed by atoms with E-state index in [4.69, 9.17) is 16.3 Å². The van der Waals surface area contributed by atoms with Gasteiger partial charge in [-0.25, -0.2) is 9.69 Å². The van der Waals surface area contributed by atoms with Gasteiger partial charge in [0.15, 0.2) is 6.10 Å². The first-order valence-electron chi connectivity index (χ1n) is 9.45. The monoisotopic (exact) mass is 433 g/mol. The normalized spacial score (nSPS) is 13.7. The van der Waals surface area contributed by atoms with Crippen molar-refractivity contribution in [3.63, 3.8) is 0 Å². The van der Waals surface area contributed by atoms with Gasteiger partial charge in [0, 0.05) is 10.6 Å². The first-order chi connectivity index (χ1) is 14.9.